The van der Waals surface area contributed by atoms with Crippen LogP contribution in [0.15, 0.2) is 30.3 Å². The molecule has 10 nitrogen and oxygen atoms in total. The van der Waals surface area contributed by atoms with Gasteiger partial charge in [0.25, 0.3) is 5.91 Å². The number of hydrogen-bond acceptors (Lipinski definition) is 7. The molecule has 0 atom stereocenters. The summed E-state index contributed by atoms with van der Waals surface area (Å²) >= 11 is 0. The summed E-state index contributed by atoms with van der Waals surface area (Å²) in [6.07, 6.45) is -3.24. The van der Waals surface area contributed by atoms with E-state index >= 15 is 0 Å². The van der Waals surface area contributed by atoms with Gasteiger partial charge in [0, 0.05) is 24.8 Å². The number of ether oxygens (including phenoxy) is 2. The number of fused-ring (bicyclic) bond motifs is 1. The predicted molar refractivity (Wildman–Crippen MR) is 137 cm³/mol. The first-order valence-corrected chi connectivity index (χ1v) is 12.5. The highest BCUT2D eigenvalue weighted by Gasteiger charge is 2.32. The van der Waals surface area contributed by atoms with E-state index in [9.17, 15) is 22.8 Å². The molecule has 3 heterocycles. The molecule has 0 bridgehead atoms. The quantitative estimate of drug-likeness (QED) is 0.321. The average molecular weight is 550 g/mol. The molecule has 0 spiro atoms. The van der Waals surface area contributed by atoms with Gasteiger partial charge in [0.2, 0.25) is 5.91 Å². The van der Waals surface area contributed by atoms with E-state index in [4.69, 9.17) is 14.6 Å². The second-order valence-electron chi connectivity index (χ2n) is 9.11. The van der Waals surface area contributed by atoms with Crippen LogP contribution < -0.4 is 20.1 Å². The summed E-state index contributed by atoms with van der Waals surface area (Å²) in [6.45, 7) is 0.401. The lowest BCUT2D eigenvalue weighted by Gasteiger charge is -2.32. The number of nitrogens with zero attached hydrogens (tertiary/aromatic N) is 2. The molecule has 39 heavy (non-hydrogen) atoms. The smallest absolute Gasteiger partial charge is 0.422 e. The van der Waals surface area contributed by atoms with E-state index in [0.29, 0.717) is 55.2 Å². The molecule has 3 aromatic rings. The van der Waals surface area contributed by atoms with Gasteiger partial charge >= 0.3 is 6.18 Å². The van der Waals surface area contributed by atoms with Crippen LogP contribution in [0.3, 0.4) is 0 Å². The van der Waals surface area contributed by atoms with Crippen molar-refractivity contribution in [1.82, 2.24) is 20.2 Å². The fraction of sp³-hybridized carbons (Fsp3) is 0.423. The van der Waals surface area contributed by atoms with Gasteiger partial charge in [-0.1, -0.05) is 6.92 Å². The first-order chi connectivity index (χ1) is 18.6. The van der Waals surface area contributed by atoms with E-state index in [1.807, 2.05) is 6.92 Å². The number of alkyl halides is 3. The van der Waals surface area contributed by atoms with Gasteiger partial charge in [-0.25, -0.2) is 4.98 Å². The molecule has 0 aliphatic carbocycles. The van der Waals surface area contributed by atoms with Crippen molar-refractivity contribution >= 4 is 34.2 Å². The van der Waals surface area contributed by atoms with Crippen molar-refractivity contribution < 1.29 is 37.3 Å². The molecule has 13 heteroatoms. The standard InChI is InChI=1S/C26H30F3N5O5/c1-3-19-20(30-15-4-6-17(38-2)7-5-15)12-18-23(39-14-26(27,28)29)22(33-24(18)32-19)25(37)31-16-8-10-34(11-9-16)21(36)13-35/h4-7,12,16,30,35H,3,8-11,13-14H2,1-2H3,(H,31,37)(H,32,33). The summed E-state index contributed by atoms with van der Waals surface area (Å²) in [4.78, 5) is 33.8. The zero-order valence-electron chi connectivity index (χ0n) is 21.5. The highest BCUT2D eigenvalue weighted by Crippen LogP contribution is 2.35. The number of likely N-dealkylation sites (tertiary alicyclic amines) is 1. The molecule has 1 aliphatic heterocycles. The Bertz CT molecular complexity index is 1320. The number of anilines is 2. The lowest BCUT2D eigenvalue weighted by atomic mass is 10.0. The van der Waals surface area contributed by atoms with Gasteiger partial charge in [0.05, 0.1) is 23.9 Å². The van der Waals surface area contributed by atoms with Crippen molar-refractivity contribution in [2.45, 2.75) is 38.4 Å². The van der Waals surface area contributed by atoms with Gasteiger partial charge in [0.1, 0.15) is 23.7 Å². The van der Waals surface area contributed by atoms with Crippen LogP contribution in [0.4, 0.5) is 24.5 Å². The van der Waals surface area contributed by atoms with E-state index in [1.54, 1.807) is 37.4 Å². The molecule has 2 aromatic heterocycles. The largest absolute Gasteiger partial charge is 0.497 e. The van der Waals surface area contributed by atoms with E-state index in [2.05, 4.69) is 20.6 Å². The molecule has 1 fully saturated rings. The molecular formula is C26H30F3N5O5. The number of nitrogens with one attached hydrogen (secondary N) is 3. The minimum atomic E-state index is -4.62. The summed E-state index contributed by atoms with van der Waals surface area (Å²) < 4.78 is 49.7. The van der Waals surface area contributed by atoms with Gasteiger partial charge in [-0.05, 0) is 49.6 Å². The van der Waals surface area contributed by atoms with Crippen molar-refractivity contribution in [1.29, 1.82) is 0 Å². The third-order valence-corrected chi connectivity index (χ3v) is 6.45. The van der Waals surface area contributed by atoms with Gasteiger partial charge < -0.3 is 35.1 Å². The number of aromatic amines is 1. The summed E-state index contributed by atoms with van der Waals surface area (Å²) in [7, 11) is 1.55. The number of H-pyrrole nitrogens is 1. The molecule has 0 saturated carbocycles. The summed E-state index contributed by atoms with van der Waals surface area (Å²) in [5.41, 5.74) is 1.95. The van der Waals surface area contributed by atoms with Crippen LogP contribution in [-0.4, -0.2) is 77.4 Å². The van der Waals surface area contributed by atoms with Crippen molar-refractivity contribution in [2.24, 2.45) is 0 Å². The Balaban J connectivity index is 1.64. The molecule has 4 N–H and O–H groups in total. The predicted octanol–water partition coefficient (Wildman–Crippen LogP) is 3.53. The van der Waals surface area contributed by atoms with E-state index < -0.39 is 31.2 Å². The second-order valence-corrected chi connectivity index (χ2v) is 9.11. The minimum absolute atomic E-state index is 0.167. The van der Waals surface area contributed by atoms with Crippen LogP contribution in [-0.2, 0) is 11.2 Å². The number of halogens is 3. The van der Waals surface area contributed by atoms with Crippen molar-refractivity contribution in [3.63, 3.8) is 0 Å². The van der Waals surface area contributed by atoms with Crippen LogP contribution >= 0.6 is 0 Å². The number of carbonyl (C=O) groups excluding carboxylic acids is 2. The zero-order chi connectivity index (χ0) is 28.2. The van der Waals surface area contributed by atoms with Gasteiger partial charge in [0.15, 0.2) is 12.4 Å². The van der Waals surface area contributed by atoms with Crippen molar-refractivity contribution in [3.8, 4) is 11.5 Å². The maximum atomic E-state index is 13.2. The number of methoxy groups -OCH3 is 1. The van der Waals surface area contributed by atoms with Crippen LogP contribution in [0.2, 0.25) is 0 Å². The van der Waals surface area contributed by atoms with Crippen LogP contribution in [0, 0.1) is 0 Å². The van der Waals surface area contributed by atoms with Crippen LogP contribution in [0.5, 0.6) is 11.5 Å². The van der Waals surface area contributed by atoms with E-state index in [0.717, 1.165) is 0 Å². The third kappa shape index (κ3) is 6.72. The fourth-order valence-corrected chi connectivity index (χ4v) is 4.43. The number of rotatable bonds is 9. The van der Waals surface area contributed by atoms with Crippen molar-refractivity contribution in [2.75, 3.05) is 38.7 Å². The Labute approximate surface area is 222 Å². The SMILES string of the molecule is CCc1nc2[nH]c(C(=O)NC3CCN(C(=O)CO)CC3)c(OCC(F)(F)F)c2cc1Nc1ccc(OC)cc1. The molecule has 1 aliphatic rings. The van der Waals surface area contributed by atoms with Crippen molar-refractivity contribution in [3.05, 3.63) is 41.7 Å². The Morgan fingerprint density at radius 2 is 1.90 bits per heavy atom. The topological polar surface area (TPSA) is 129 Å². The van der Waals surface area contributed by atoms with Crippen LogP contribution in [0.1, 0.15) is 35.9 Å². The maximum Gasteiger partial charge on any atom is 0.422 e. The van der Waals surface area contributed by atoms with E-state index in [-0.39, 0.29) is 28.5 Å². The summed E-state index contributed by atoms with van der Waals surface area (Å²) in [6, 6.07) is 8.41. The lowest BCUT2D eigenvalue weighted by molar-refractivity contribution is -0.153. The lowest BCUT2D eigenvalue weighted by Crippen LogP contribution is -2.47. The normalized spacial score (nSPS) is 14.4. The number of aromatic nitrogens is 2. The minimum Gasteiger partial charge on any atom is -0.497 e. The molecule has 1 saturated heterocycles. The molecule has 1 aromatic carbocycles. The Morgan fingerprint density at radius 3 is 2.49 bits per heavy atom. The van der Waals surface area contributed by atoms with Gasteiger partial charge in [-0.15, -0.1) is 0 Å². The number of aliphatic hydroxyl groups is 1. The number of amides is 2. The Hall–Kier alpha value is -4.00. The number of piperidine rings is 1. The molecule has 0 radical (unpaired) electrons. The number of aliphatic hydroxyl groups excluding tert-OH is 1. The maximum absolute atomic E-state index is 13.2. The molecule has 210 valence electrons. The summed E-state index contributed by atoms with van der Waals surface area (Å²) in [5, 5.41) is 15.3. The average Bonchev–Trinajstić information content (AvgIpc) is 3.29. The van der Waals surface area contributed by atoms with Crippen LogP contribution in [0.25, 0.3) is 11.0 Å². The van der Waals surface area contributed by atoms with E-state index in [1.165, 1.54) is 4.90 Å². The molecule has 2 amide bonds. The highest BCUT2D eigenvalue weighted by atomic mass is 19.4. The number of aryl methyl sites for hydroxylation is 1. The highest BCUT2D eigenvalue weighted by molar-refractivity contribution is 6.03. The number of pyridine rings is 1. The molecule has 0 unspecified atom stereocenters. The molecular weight excluding hydrogens is 519 g/mol. The Morgan fingerprint density at radius 1 is 1.21 bits per heavy atom. The number of hydrogen-bond donors (Lipinski definition) is 4. The van der Waals surface area contributed by atoms with Gasteiger partial charge in [-0.2, -0.15) is 13.2 Å². The first-order valence-electron chi connectivity index (χ1n) is 12.5. The summed E-state index contributed by atoms with van der Waals surface area (Å²) in [5.74, 6) is -0.616. The monoisotopic (exact) mass is 549 g/mol. The second kappa shape index (κ2) is 11.8. The van der Waals surface area contributed by atoms with Gasteiger partial charge in [-0.3, -0.25) is 9.59 Å². The number of benzene rings is 1. The third-order valence-electron chi connectivity index (χ3n) is 6.45. The fourth-order valence-electron chi connectivity index (χ4n) is 4.43. The molecule has 4 rings (SSSR count). The number of carbonyl (C=O) groups is 2. The zero-order valence-corrected chi connectivity index (χ0v) is 21.5. The Kier molecular flexibility index (Phi) is 8.48. The first kappa shape index (κ1) is 28.0.